The number of hydrogen-bond donors (Lipinski definition) is 0. The van der Waals surface area contributed by atoms with E-state index in [2.05, 4.69) is 18.7 Å². The van der Waals surface area contributed by atoms with Gasteiger partial charge in [0.25, 0.3) is 0 Å². The lowest BCUT2D eigenvalue weighted by Crippen LogP contribution is -2.49. The highest BCUT2D eigenvalue weighted by Gasteiger charge is 2.22. The molecule has 3 nitrogen and oxygen atoms in total. The van der Waals surface area contributed by atoms with Crippen LogP contribution in [0.15, 0.2) is 0 Å². The minimum atomic E-state index is 0.141. The van der Waals surface area contributed by atoms with E-state index in [4.69, 9.17) is 0 Å². The molecule has 1 fully saturated rings. The third-order valence-electron chi connectivity index (χ3n) is 4.18. The molecule has 1 aliphatic heterocycles. The van der Waals surface area contributed by atoms with Crippen molar-refractivity contribution in [2.45, 2.75) is 59.8 Å². The molecule has 0 aliphatic carbocycles. The Morgan fingerprint density at radius 3 is 2.05 bits per heavy atom. The van der Waals surface area contributed by atoms with Crippen LogP contribution in [0, 0.1) is 11.8 Å². The summed E-state index contributed by atoms with van der Waals surface area (Å²) in [5.41, 5.74) is 0. The van der Waals surface area contributed by atoms with E-state index in [9.17, 15) is 4.79 Å². The van der Waals surface area contributed by atoms with Gasteiger partial charge in [-0.05, 0) is 18.9 Å². The van der Waals surface area contributed by atoms with Crippen molar-refractivity contribution in [2.24, 2.45) is 11.8 Å². The summed E-state index contributed by atoms with van der Waals surface area (Å²) in [6.07, 6.45) is 6.81. The highest BCUT2D eigenvalue weighted by Crippen LogP contribution is 2.11. The Balaban J connectivity index is 2.04. The van der Waals surface area contributed by atoms with Gasteiger partial charge in [-0.2, -0.15) is 0 Å². The van der Waals surface area contributed by atoms with Gasteiger partial charge in [-0.15, -0.1) is 0 Å². The topological polar surface area (TPSA) is 23.6 Å². The molecular weight excluding hydrogens is 248 g/mol. The van der Waals surface area contributed by atoms with E-state index in [1.165, 1.54) is 38.6 Å². The quantitative estimate of drug-likeness (QED) is 0.637. The summed E-state index contributed by atoms with van der Waals surface area (Å²) < 4.78 is 0. The van der Waals surface area contributed by atoms with Crippen molar-refractivity contribution in [1.82, 2.24) is 9.80 Å². The summed E-state index contributed by atoms with van der Waals surface area (Å²) in [5.74, 6) is 1.31. The van der Waals surface area contributed by atoms with Gasteiger partial charge in [0.15, 0.2) is 0 Å². The van der Waals surface area contributed by atoms with Crippen LogP contribution in [-0.2, 0) is 4.79 Å². The smallest absolute Gasteiger partial charge is 0.225 e. The lowest BCUT2D eigenvalue weighted by atomic mass is 10.0. The predicted octanol–water partition coefficient (Wildman–Crippen LogP) is 3.39. The first-order chi connectivity index (χ1) is 9.50. The van der Waals surface area contributed by atoms with Crippen molar-refractivity contribution in [3.8, 4) is 0 Å². The Kier molecular flexibility index (Phi) is 8.20. The third kappa shape index (κ3) is 6.74. The Bertz CT molecular complexity index is 268. The second-order valence-corrected chi connectivity index (χ2v) is 6.92. The third-order valence-corrected chi connectivity index (χ3v) is 4.18. The van der Waals surface area contributed by atoms with Crippen molar-refractivity contribution in [3.05, 3.63) is 0 Å². The zero-order chi connectivity index (χ0) is 15.0. The second kappa shape index (κ2) is 9.38. The molecule has 1 amide bonds. The number of rotatable bonds is 8. The molecule has 20 heavy (non-hydrogen) atoms. The lowest BCUT2D eigenvalue weighted by Gasteiger charge is -2.35. The summed E-state index contributed by atoms with van der Waals surface area (Å²) in [5, 5.41) is 0. The van der Waals surface area contributed by atoms with E-state index in [0.717, 1.165) is 32.1 Å². The van der Waals surface area contributed by atoms with Crippen molar-refractivity contribution in [1.29, 1.82) is 0 Å². The van der Waals surface area contributed by atoms with E-state index >= 15 is 0 Å². The van der Waals surface area contributed by atoms with Gasteiger partial charge < -0.3 is 4.90 Å². The molecule has 0 saturated carbocycles. The van der Waals surface area contributed by atoms with Gasteiger partial charge in [-0.1, -0.05) is 53.4 Å². The molecule has 0 aromatic heterocycles. The number of unbranched alkanes of at least 4 members (excludes halogenated alkanes) is 3. The first-order valence-electron chi connectivity index (χ1n) is 8.52. The van der Waals surface area contributed by atoms with Crippen LogP contribution in [0.5, 0.6) is 0 Å². The number of amides is 1. The lowest BCUT2D eigenvalue weighted by molar-refractivity contribution is -0.136. The molecular formula is C17H34N2O. The van der Waals surface area contributed by atoms with Crippen molar-refractivity contribution in [3.63, 3.8) is 0 Å². The van der Waals surface area contributed by atoms with Gasteiger partial charge in [-0.3, -0.25) is 9.69 Å². The fourth-order valence-electron chi connectivity index (χ4n) is 2.80. The molecule has 0 aromatic rings. The molecule has 1 saturated heterocycles. The molecule has 0 radical (unpaired) electrons. The second-order valence-electron chi connectivity index (χ2n) is 6.92. The zero-order valence-corrected chi connectivity index (χ0v) is 14.0. The number of carbonyl (C=O) groups excluding carboxylic acids is 1. The maximum absolute atomic E-state index is 11.9. The minimum absolute atomic E-state index is 0.141. The van der Waals surface area contributed by atoms with Crippen LogP contribution in [0.4, 0.5) is 0 Å². The van der Waals surface area contributed by atoms with Crippen LogP contribution in [0.2, 0.25) is 0 Å². The Labute approximate surface area is 125 Å². The van der Waals surface area contributed by atoms with Crippen LogP contribution in [0.25, 0.3) is 0 Å². The van der Waals surface area contributed by atoms with Gasteiger partial charge in [0.2, 0.25) is 5.91 Å². The van der Waals surface area contributed by atoms with Crippen LogP contribution in [0.3, 0.4) is 0 Å². The monoisotopic (exact) mass is 282 g/mol. The zero-order valence-electron chi connectivity index (χ0n) is 14.0. The molecule has 118 valence electrons. The molecule has 1 aliphatic rings. The molecule has 0 unspecified atom stereocenters. The Morgan fingerprint density at radius 2 is 1.50 bits per heavy atom. The SMILES string of the molecule is CC(C)CCCCCCN1CCN(C(=O)C(C)C)CC1. The molecule has 0 spiro atoms. The normalized spacial score (nSPS) is 17.2. The van der Waals surface area contributed by atoms with Crippen LogP contribution in [0.1, 0.15) is 59.8 Å². The van der Waals surface area contributed by atoms with Crippen molar-refractivity contribution < 1.29 is 4.79 Å². The van der Waals surface area contributed by atoms with E-state index in [1.807, 2.05) is 18.7 Å². The Hall–Kier alpha value is -0.570. The number of nitrogens with zero attached hydrogens (tertiary/aromatic N) is 2. The first-order valence-corrected chi connectivity index (χ1v) is 8.52. The van der Waals surface area contributed by atoms with E-state index in [0.29, 0.717) is 5.91 Å². The van der Waals surface area contributed by atoms with Crippen LogP contribution >= 0.6 is 0 Å². The van der Waals surface area contributed by atoms with E-state index in [-0.39, 0.29) is 5.92 Å². The van der Waals surface area contributed by atoms with Crippen molar-refractivity contribution >= 4 is 5.91 Å². The summed E-state index contributed by atoms with van der Waals surface area (Å²) in [6, 6.07) is 0. The largest absolute Gasteiger partial charge is 0.340 e. The average Bonchev–Trinajstić information content (AvgIpc) is 2.42. The molecule has 0 N–H and O–H groups in total. The standard InChI is InChI=1S/C17H34N2O/c1-15(2)9-7-5-6-8-10-18-11-13-19(14-12-18)17(20)16(3)4/h15-16H,5-14H2,1-4H3. The summed E-state index contributed by atoms with van der Waals surface area (Å²) in [4.78, 5) is 16.5. The van der Waals surface area contributed by atoms with Gasteiger partial charge >= 0.3 is 0 Å². The Morgan fingerprint density at radius 1 is 0.900 bits per heavy atom. The maximum Gasteiger partial charge on any atom is 0.225 e. The minimum Gasteiger partial charge on any atom is -0.340 e. The van der Waals surface area contributed by atoms with E-state index in [1.54, 1.807) is 0 Å². The number of carbonyl (C=O) groups is 1. The maximum atomic E-state index is 11.9. The van der Waals surface area contributed by atoms with Crippen LogP contribution < -0.4 is 0 Å². The molecule has 1 heterocycles. The first kappa shape index (κ1) is 17.5. The number of piperazine rings is 1. The molecule has 3 heteroatoms. The molecule has 1 rings (SSSR count). The summed E-state index contributed by atoms with van der Waals surface area (Å²) in [7, 11) is 0. The van der Waals surface area contributed by atoms with Gasteiger partial charge in [0.1, 0.15) is 0 Å². The van der Waals surface area contributed by atoms with Gasteiger partial charge in [0.05, 0.1) is 0 Å². The molecule has 0 bridgehead atoms. The highest BCUT2D eigenvalue weighted by atomic mass is 16.2. The highest BCUT2D eigenvalue weighted by molar-refractivity contribution is 5.78. The van der Waals surface area contributed by atoms with Gasteiger partial charge in [-0.25, -0.2) is 0 Å². The molecule has 0 atom stereocenters. The fourth-order valence-corrected chi connectivity index (χ4v) is 2.80. The van der Waals surface area contributed by atoms with Crippen molar-refractivity contribution in [2.75, 3.05) is 32.7 Å². The summed E-state index contributed by atoms with van der Waals surface area (Å²) in [6.45, 7) is 13.8. The van der Waals surface area contributed by atoms with E-state index < -0.39 is 0 Å². The number of hydrogen-bond acceptors (Lipinski definition) is 2. The summed E-state index contributed by atoms with van der Waals surface area (Å²) >= 11 is 0. The van der Waals surface area contributed by atoms with Gasteiger partial charge in [0, 0.05) is 32.1 Å². The molecule has 0 aromatic carbocycles. The fraction of sp³-hybridized carbons (Fsp3) is 0.941. The predicted molar refractivity (Wildman–Crippen MR) is 85.8 cm³/mol. The average molecular weight is 282 g/mol. The van der Waals surface area contributed by atoms with Crippen LogP contribution in [-0.4, -0.2) is 48.4 Å².